The third kappa shape index (κ3) is 6.28. The molecule has 0 amide bonds. The summed E-state index contributed by atoms with van der Waals surface area (Å²) >= 11 is 0. The molecule has 0 aliphatic carbocycles. The Morgan fingerprint density at radius 3 is 2.61 bits per heavy atom. The molecule has 4 heteroatoms. The minimum absolute atomic E-state index is 0.250. The van der Waals surface area contributed by atoms with Crippen LogP contribution in [0.4, 0.5) is 10.1 Å². The van der Waals surface area contributed by atoms with Gasteiger partial charge in [0.25, 0.3) is 0 Å². The molecule has 0 spiro atoms. The van der Waals surface area contributed by atoms with Crippen LogP contribution in [0.15, 0.2) is 48.5 Å². The zero-order valence-electron chi connectivity index (χ0n) is 13.6. The van der Waals surface area contributed by atoms with Crippen LogP contribution in [0.1, 0.15) is 38.2 Å². The molecule has 2 aromatic carbocycles. The summed E-state index contributed by atoms with van der Waals surface area (Å²) in [6, 6.07) is 14.5. The van der Waals surface area contributed by atoms with Crippen LogP contribution in [0.5, 0.6) is 5.75 Å². The van der Waals surface area contributed by atoms with Gasteiger partial charge in [-0.15, -0.1) is 0 Å². The summed E-state index contributed by atoms with van der Waals surface area (Å²) in [4.78, 5) is 0. The highest BCUT2D eigenvalue weighted by atomic mass is 19.1. The SMILES string of the molecule is CCCCCCOc1ccc(F)cc1CNNc1ccccc1. The lowest BCUT2D eigenvalue weighted by atomic mass is 10.2. The van der Waals surface area contributed by atoms with E-state index in [1.54, 1.807) is 6.07 Å². The van der Waals surface area contributed by atoms with Gasteiger partial charge in [0.15, 0.2) is 0 Å². The van der Waals surface area contributed by atoms with E-state index >= 15 is 0 Å². The average Bonchev–Trinajstić information content (AvgIpc) is 2.57. The average molecular weight is 316 g/mol. The van der Waals surface area contributed by atoms with Crippen LogP contribution < -0.4 is 15.6 Å². The minimum atomic E-state index is -0.250. The van der Waals surface area contributed by atoms with Gasteiger partial charge in [-0.25, -0.2) is 9.82 Å². The maximum absolute atomic E-state index is 13.5. The van der Waals surface area contributed by atoms with Gasteiger partial charge in [0.2, 0.25) is 0 Å². The van der Waals surface area contributed by atoms with E-state index in [-0.39, 0.29) is 5.82 Å². The number of hydrogen-bond donors (Lipinski definition) is 2. The van der Waals surface area contributed by atoms with E-state index in [1.165, 1.54) is 31.4 Å². The Bertz CT molecular complexity index is 575. The van der Waals surface area contributed by atoms with E-state index in [4.69, 9.17) is 4.74 Å². The van der Waals surface area contributed by atoms with E-state index < -0.39 is 0 Å². The monoisotopic (exact) mass is 316 g/mol. The fourth-order valence-corrected chi connectivity index (χ4v) is 2.30. The standard InChI is InChI=1S/C19H25FN2O/c1-2-3-4-8-13-23-19-12-11-17(20)14-16(19)15-21-22-18-9-6-5-7-10-18/h5-7,9-12,14,21-22H,2-4,8,13,15H2,1H3. The third-order valence-corrected chi connectivity index (χ3v) is 3.56. The van der Waals surface area contributed by atoms with Crippen LogP contribution in [0, 0.1) is 5.82 Å². The second-order valence-electron chi connectivity index (χ2n) is 5.51. The second kappa shape index (κ2) is 9.85. The molecule has 2 aromatic rings. The smallest absolute Gasteiger partial charge is 0.124 e. The predicted molar refractivity (Wildman–Crippen MR) is 92.9 cm³/mol. The van der Waals surface area contributed by atoms with Crippen LogP contribution in [-0.2, 0) is 6.54 Å². The molecule has 0 heterocycles. The van der Waals surface area contributed by atoms with E-state index in [1.807, 2.05) is 30.3 Å². The van der Waals surface area contributed by atoms with Crippen molar-refractivity contribution in [2.24, 2.45) is 0 Å². The van der Waals surface area contributed by atoms with Crippen molar-refractivity contribution in [1.82, 2.24) is 5.43 Å². The van der Waals surface area contributed by atoms with Gasteiger partial charge in [-0.05, 0) is 36.8 Å². The summed E-state index contributed by atoms with van der Waals surface area (Å²) in [6.45, 7) is 3.34. The first-order chi connectivity index (χ1) is 11.3. The Morgan fingerprint density at radius 2 is 1.83 bits per heavy atom. The second-order valence-corrected chi connectivity index (χ2v) is 5.51. The van der Waals surface area contributed by atoms with Gasteiger partial charge in [-0.1, -0.05) is 44.4 Å². The molecule has 124 valence electrons. The summed E-state index contributed by atoms with van der Waals surface area (Å²) in [5, 5.41) is 0. The minimum Gasteiger partial charge on any atom is -0.493 e. The molecule has 0 saturated heterocycles. The normalized spacial score (nSPS) is 10.5. The molecule has 23 heavy (non-hydrogen) atoms. The van der Waals surface area contributed by atoms with Gasteiger partial charge in [-0.3, -0.25) is 0 Å². The number of hydrogen-bond acceptors (Lipinski definition) is 3. The maximum Gasteiger partial charge on any atom is 0.124 e. The molecule has 2 N–H and O–H groups in total. The van der Waals surface area contributed by atoms with E-state index in [0.29, 0.717) is 13.2 Å². The molecule has 0 aromatic heterocycles. The molecule has 2 rings (SSSR count). The first-order valence-electron chi connectivity index (χ1n) is 8.24. The number of benzene rings is 2. The lowest BCUT2D eigenvalue weighted by Crippen LogP contribution is -2.21. The number of anilines is 1. The van der Waals surface area contributed by atoms with Crippen molar-refractivity contribution >= 4 is 5.69 Å². The molecular weight excluding hydrogens is 291 g/mol. The van der Waals surface area contributed by atoms with Crippen LogP contribution in [-0.4, -0.2) is 6.61 Å². The van der Waals surface area contributed by atoms with Crippen molar-refractivity contribution in [2.45, 2.75) is 39.2 Å². The summed E-state index contributed by atoms with van der Waals surface area (Å²) < 4.78 is 19.3. The van der Waals surface area contributed by atoms with Gasteiger partial charge in [0, 0.05) is 17.8 Å². The predicted octanol–water partition coefficient (Wildman–Crippen LogP) is 4.90. The largest absolute Gasteiger partial charge is 0.493 e. The Labute approximate surface area is 137 Å². The quantitative estimate of drug-likeness (QED) is 0.483. The van der Waals surface area contributed by atoms with Crippen molar-refractivity contribution in [3.05, 3.63) is 59.9 Å². The van der Waals surface area contributed by atoms with Gasteiger partial charge in [0.1, 0.15) is 11.6 Å². The molecule has 0 aliphatic rings. The summed E-state index contributed by atoms with van der Waals surface area (Å²) in [6.07, 6.45) is 4.63. The molecule has 0 bridgehead atoms. The zero-order chi connectivity index (χ0) is 16.3. The lowest BCUT2D eigenvalue weighted by molar-refractivity contribution is 0.301. The van der Waals surface area contributed by atoms with Gasteiger partial charge in [-0.2, -0.15) is 0 Å². The number of para-hydroxylation sites is 1. The highest BCUT2D eigenvalue weighted by molar-refractivity contribution is 5.41. The van der Waals surface area contributed by atoms with E-state index in [9.17, 15) is 4.39 Å². The molecule has 0 unspecified atom stereocenters. The topological polar surface area (TPSA) is 33.3 Å². The molecule has 0 saturated carbocycles. The van der Waals surface area contributed by atoms with Gasteiger partial charge >= 0.3 is 0 Å². The third-order valence-electron chi connectivity index (χ3n) is 3.56. The fourth-order valence-electron chi connectivity index (χ4n) is 2.30. The van der Waals surface area contributed by atoms with Gasteiger partial charge < -0.3 is 10.2 Å². The maximum atomic E-state index is 13.5. The molecule has 3 nitrogen and oxygen atoms in total. The van der Waals surface area contributed by atoms with Crippen molar-refractivity contribution in [2.75, 3.05) is 12.0 Å². The van der Waals surface area contributed by atoms with Crippen LogP contribution in [0.2, 0.25) is 0 Å². The molecular formula is C19H25FN2O. The number of halogens is 1. The molecule has 0 fully saturated rings. The number of rotatable bonds is 10. The fraction of sp³-hybridized carbons (Fsp3) is 0.368. The summed E-state index contributed by atoms with van der Waals surface area (Å²) in [5.41, 5.74) is 7.97. The number of ether oxygens (including phenoxy) is 1. The van der Waals surface area contributed by atoms with Crippen LogP contribution in [0.3, 0.4) is 0 Å². The van der Waals surface area contributed by atoms with Crippen molar-refractivity contribution in [3.8, 4) is 5.75 Å². The van der Waals surface area contributed by atoms with Gasteiger partial charge in [0.05, 0.1) is 6.61 Å². The Balaban J connectivity index is 1.85. The lowest BCUT2D eigenvalue weighted by Gasteiger charge is -2.13. The number of nitrogens with one attached hydrogen (secondary N) is 2. The molecule has 0 radical (unpaired) electrons. The zero-order valence-corrected chi connectivity index (χ0v) is 13.6. The van der Waals surface area contributed by atoms with Crippen molar-refractivity contribution < 1.29 is 9.13 Å². The van der Waals surface area contributed by atoms with Crippen molar-refractivity contribution in [1.29, 1.82) is 0 Å². The number of unbranched alkanes of at least 4 members (excludes halogenated alkanes) is 3. The van der Waals surface area contributed by atoms with E-state index in [2.05, 4.69) is 17.8 Å². The number of hydrazine groups is 1. The van der Waals surface area contributed by atoms with Crippen LogP contribution in [0.25, 0.3) is 0 Å². The molecule has 0 atom stereocenters. The first kappa shape index (κ1) is 17.3. The highest BCUT2D eigenvalue weighted by Crippen LogP contribution is 2.20. The Hall–Kier alpha value is -2.07. The Kier molecular flexibility index (Phi) is 7.40. The van der Waals surface area contributed by atoms with E-state index in [0.717, 1.165) is 23.4 Å². The van der Waals surface area contributed by atoms with Crippen molar-refractivity contribution in [3.63, 3.8) is 0 Å². The highest BCUT2D eigenvalue weighted by Gasteiger charge is 2.05. The Morgan fingerprint density at radius 1 is 1.00 bits per heavy atom. The summed E-state index contributed by atoms with van der Waals surface area (Å²) in [7, 11) is 0. The van der Waals surface area contributed by atoms with Crippen LogP contribution >= 0.6 is 0 Å². The molecule has 0 aliphatic heterocycles. The first-order valence-corrected chi connectivity index (χ1v) is 8.24. The summed E-state index contributed by atoms with van der Waals surface area (Å²) in [5.74, 6) is 0.491.